The number of aliphatic hydroxyl groups is 6. The Morgan fingerprint density at radius 2 is 1.85 bits per heavy atom. The minimum Gasteiger partial charge on any atom is -0.493 e. The van der Waals surface area contributed by atoms with E-state index >= 15 is 0 Å². The number of esters is 1. The molecule has 2 aliphatic heterocycles. The Balaban J connectivity index is 1.86. The van der Waals surface area contributed by atoms with Gasteiger partial charge in [0.05, 0.1) is 39.6 Å². The number of ether oxygens (including phenoxy) is 6. The fourth-order valence-electron chi connectivity index (χ4n) is 3.49. The summed E-state index contributed by atoms with van der Waals surface area (Å²) in [7, 11) is 2.54. The van der Waals surface area contributed by atoms with Crippen LogP contribution in [0.2, 0.25) is 0 Å². The highest BCUT2D eigenvalue weighted by atomic mass is 16.8. The van der Waals surface area contributed by atoms with E-state index in [9.17, 15) is 35.4 Å². The molecule has 2 heterocycles. The fraction of sp³-hybridized carbons (Fsp3) is 0.650. The molecule has 0 aliphatic carbocycles. The predicted molar refractivity (Wildman–Crippen MR) is 105 cm³/mol. The van der Waals surface area contributed by atoms with E-state index in [-0.39, 0.29) is 17.1 Å². The smallest absolute Gasteiger partial charge is 0.337 e. The Morgan fingerprint density at radius 3 is 2.42 bits per heavy atom. The van der Waals surface area contributed by atoms with Crippen molar-refractivity contribution in [1.82, 2.24) is 0 Å². The summed E-state index contributed by atoms with van der Waals surface area (Å²) in [5, 5.41) is 60.1. The van der Waals surface area contributed by atoms with Crippen molar-refractivity contribution in [2.75, 3.05) is 34.0 Å². The monoisotopic (exact) mass is 476 g/mol. The van der Waals surface area contributed by atoms with Crippen molar-refractivity contribution in [3.63, 3.8) is 0 Å². The number of benzene rings is 1. The van der Waals surface area contributed by atoms with E-state index in [2.05, 4.69) is 4.74 Å². The number of hydrogen-bond acceptors (Lipinski definition) is 13. The third kappa shape index (κ3) is 5.06. The maximum Gasteiger partial charge on any atom is 0.337 e. The number of rotatable bonds is 8. The van der Waals surface area contributed by atoms with Crippen molar-refractivity contribution in [2.45, 2.75) is 48.7 Å². The summed E-state index contributed by atoms with van der Waals surface area (Å²) in [6, 6.07) is 4.12. The number of hydrogen-bond donors (Lipinski definition) is 6. The molecular formula is C20H28O13. The minimum atomic E-state index is -1.99. The number of carbonyl (C=O) groups is 1. The maximum atomic E-state index is 11.8. The zero-order valence-electron chi connectivity index (χ0n) is 17.9. The third-order valence-electron chi connectivity index (χ3n) is 5.52. The number of aliphatic hydroxyl groups excluding tert-OH is 5. The minimum absolute atomic E-state index is 0.0591. The molecule has 2 aliphatic rings. The lowest BCUT2D eigenvalue weighted by molar-refractivity contribution is -0.319. The van der Waals surface area contributed by atoms with Gasteiger partial charge in [0.2, 0.25) is 6.29 Å². The molecule has 13 heteroatoms. The van der Waals surface area contributed by atoms with Crippen LogP contribution < -0.4 is 9.47 Å². The maximum absolute atomic E-state index is 11.8. The SMILES string of the molecule is COC(=O)c1ccc(O[C@@H]2O[C@H](CO)[C@@H](O)[C@H](O)[C@H]2O[C@@H]2OCC(O)(CO)[C@H]2O)c(OC)c1. The lowest BCUT2D eigenvalue weighted by Crippen LogP contribution is -2.62. The Bertz CT molecular complexity index is 819. The van der Waals surface area contributed by atoms with Crippen molar-refractivity contribution in [3.8, 4) is 11.5 Å². The van der Waals surface area contributed by atoms with E-state index in [0.29, 0.717) is 0 Å². The van der Waals surface area contributed by atoms with Crippen LogP contribution in [0.5, 0.6) is 11.5 Å². The summed E-state index contributed by atoms with van der Waals surface area (Å²) < 4.78 is 32.0. The Labute approximate surface area is 188 Å². The zero-order valence-corrected chi connectivity index (χ0v) is 17.9. The highest BCUT2D eigenvalue weighted by Crippen LogP contribution is 2.35. The van der Waals surface area contributed by atoms with E-state index in [4.69, 9.17) is 23.7 Å². The third-order valence-corrected chi connectivity index (χ3v) is 5.52. The van der Waals surface area contributed by atoms with Crippen molar-refractivity contribution < 1.29 is 63.9 Å². The second kappa shape index (κ2) is 10.5. The van der Waals surface area contributed by atoms with Crippen molar-refractivity contribution in [2.24, 2.45) is 0 Å². The summed E-state index contributed by atoms with van der Waals surface area (Å²) in [6.07, 6.45) is -10.6. The summed E-state index contributed by atoms with van der Waals surface area (Å²) in [5.74, 6) is -0.449. The molecule has 6 N–H and O–H groups in total. The molecule has 3 rings (SSSR count). The number of carbonyl (C=O) groups excluding carboxylic acids is 1. The molecule has 186 valence electrons. The summed E-state index contributed by atoms with van der Waals surface area (Å²) in [6.45, 7) is -1.91. The molecule has 0 amide bonds. The van der Waals surface area contributed by atoms with Crippen LogP contribution in [0.4, 0.5) is 0 Å². The van der Waals surface area contributed by atoms with Gasteiger partial charge in [0, 0.05) is 0 Å². The topological polar surface area (TPSA) is 194 Å². The molecule has 1 aromatic carbocycles. The number of methoxy groups -OCH3 is 2. The zero-order chi connectivity index (χ0) is 24.3. The van der Waals surface area contributed by atoms with Gasteiger partial charge in [-0.05, 0) is 18.2 Å². The summed E-state index contributed by atoms with van der Waals surface area (Å²) in [5.41, 5.74) is -1.81. The van der Waals surface area contributed by atoms with Crippen LogP contribution >= 0.6 is 0 Å². The van der Waals surface area contributed by atoms with Crippen LogP contribution in [0.25, 0.3) is 0 Å². The first-order valence-corrected chi connectivity index (χ1v) is 10.0. The normalized spacial score (nSPS) is 36.4. The second-order valence-electron chi connectivity index (χ2n) is 7.67. The first kappa shape index (κ1) is 25.6. The van der Waals surface area contributed by atoms with Crippen LogP contribution in [-0.4, -0.2) is 119 Å². The molecule has 0 spiro atoms. The quantitative estimate of drug-likeness (QED) is 0.210. The second-order valence-corrected chi connectivity index (χ2v) is 7.67. The highest BCUT2D eigenvalue weighted by molar-refractivity contribution is 5.90. The van der Waals surface area contributed by atoms with Gasteiger partial charge in [-0.15, -0.1) is 0 Å². The molecule has 0 saturated carbocycles. The summed E-state index contributed by atoms with van der Waals surface area (Å²) >= 11 is 0. The molecule has 2 fully saturated rings. The molecule has 1 unspecified atom stereocenters. The molecular weight excluding hydrogens is 448 g/mol. The Morgan fingerprint density at radius 1 is 1.12 bits per heavy atom. The Hall–Kier alpha value is -2.07. The first-order chi connectivity index (χ1) is 15.7. The van der Waals surface area contributed by atoms with Gasteiger partial charge in [0.1, 0.15) is 30.0 Å². The van der Waals surface area contributed by atoms with Crippen molar-refractivity contribution in [1.29, 1.82) is 0 Å². The average molecular weight is 476 g/mol. The average Bonchev–Trinajstić information content (AvgIpc) is 3.12. The van der Waals surface area contributed by atoms with Crippen LogP contribution in [0.15, 0.2) is 18.2 Å². The largest absolute Gasteiger partial charge is 0.493 e. The van der Waals surface area contributed by atoms with Gasteiger partial charge in [-0.3, -0.25) is 0 Å². The molecule has 13 nitrogen and oxygen atoms in total. The molecule has 8 atom stereocenters. The predicted octanol–water partition coefficient (Wildman–Crippen LogP) is -2.87. The van der Waals surface area contributed by atoms with Crippen molar-refractivity contribution in [3.05, 3.63) is 23.8 Å². The van der Waals surface area contributed by atoms with E-state index in [1.807, 2.05) is 0 Å². The molecule has 0 radical (unpaired) electrons. The van der Waals surface area contributed by atoms with Gasteiger partial charge in [0.15, 0.2) is 23.9 Å². The van der Waals surface area contributed by atoms with E-state index < -0.39 is 74.5 Å². The van der Waals surface area contributed by atoms with Crippen LogP contribution in [0, 0.1) is 0 Å². The lowest BCUT2D eigenvalue weighted by atomic mass is 9.98. The van der Waals surface area contributed by atoms with Crippen LogP contribution in [0.3, 0.4) is 0 Å². The summed E-state index contributed by atoms with van der Waals surface area (Å²) in [4.78, 5) is 11.8. The molecule has 33 heavy (non-hydrogen) atoms. The first-order valence-electron chi connectivity index (χ1n) is 10.0. The van der Waals surface area contributed by atoms with Crippen LogP contribution in [-0.2, 0) is 18.9 Å². The van der Waals surface area contributed by atoms with Gasteiger partial charge in [0.25, 0.3) is 0 Å². The van der Waals surface area contributed by atoms with Gasteiger partial charge in [-0.1, -0.05) is 0 Å². The fourth-order valence-corrected chi connectivity index (χ4v) is 3.49. The van der Waals surface area contributed by atoms with E-state index in [1.165, 1.54) is 32.4 Å². The van der Waals surface area contributed by atoms with Gasteiger partial charge < -0.3 is 59.1 Å². The lowest BCUT2D eigenvalue weighted by Gasteiger charge is -2.42. The van der Waals surface area contributed by atoms with E-state index in [0.717, 1.165) is 0 Å². The highest BCUT2D eigenvalue weighted by Gasteiger charge is 2.53. The van der Waals surface area contributed by atoms with Gasteiger partial charge in [-0.25, -0.2) is 4.79 Å². The standard InChI is InChI=1S/C20H28O13/c1-28-11-5-9(17(26)29-2)3-4-10(11)31-18-15(14(24)13(23)12(6-21)32-18)33-19-16(25)20(27,7-22)8-30-19/h3-5,12-16,18-19,21-25,27H,6-8H2,1-2H3/t12-,13-,14+,15-,16+,18-,19+,20?/m1/s1. The van der Waals surface area contributed by atoms with Crippen molar-refractivity contribution >= 4 is 5.97 Å². The van der Waals surface area contributed by atoms with E-state index in [1.54, 1.807) is 0 Å². The molecule has 1 aromatic rings. The Kier molecular flexibility index (Phi) is 8.10. The van der Waals surface area contributed by atoms with Gasteiger partial charge in [-0.2, -0.15) is 0 Å². The molecule has 0 aromatic heterocycles. The van der Waals surface area contributed by atoms with Crippen LogP contribution in [0.1, 0.15) is 10.4 Å². The van der Waals surface area contributed by atoms with Gasteiger partial charge >= 0.3 is 5.97 Å². The molecule has 2 saturated heterocycles. The molecule has 0 bridgehead atoms.